The molecule has 27 heavy (non-hydrogen) atoms. The second-order valence-electron chi connectivity index (χ2n) is 7.25. The van der Waals surface area contributed by atoms with Crippen LogP contribution in [-0.4, -0.2) is 58.8 Å². The molecule has 1 saturated carbocycles. The van der Waals surface area contributed by atoms with Crippen LogP contribution in [0.25, 0.3) is 0 Å². The van der Waals surface area contributed by atoms with Crippen molar-refractivity contribution in [2.24, 2.45) is 17.8 Å². The summed E-state index contributed by atoms with van der Waals surface area (Å²) < 4.78 is 11.1. The minimum absolute atomic E-state index is 0.0731. The number of carbonyl (C=O) groups is 2. The first-order valence-corrected chi connectivity index (χ1v) is 8.85. The van der Waals surface area contributed by atoms with Crippen molar-refractivity contribution < 1.29 is 34.4 Å². The maximum Gasteiger partial charge on any atom is 0.336 e. The van der Waals surface area contributed by atoms with E-state index in [0.717, 1.165) is 5.57 Å². The highest BCUT2D eigenvalue weighted by atomic mass is 16.6. The van der Waals surface area contributed by atoms with Crippen molar-refractivity contribution in [2.75, 3.05) is 13.2 Å². The lowest BCUT2D eigenvalue weighted by Gasteiger charge is -2.29. The quantitative estimate of drug-likeness (QED) is 0.370. The first kappa shape index (κ1) is 19.5. The van der Waals surface area contributed by atoms with Gasteiger partial charge in [-0.25, -0.2) is 9.59 Å². The summed E-state index contributed by atoms with van der Waals surface area (Å²) in [6.07, 6.45) is 1.02. The molecule has 0 radical (unpaired) electrons. The molecule has 3 aliphatic rings. The van der Waals surface area contributed by atoms with E-state index in [2.05, 4.69) is 13.2 Å². The van der Waals surface area contributed by atoms with Crippen molar-refractivity contribution in [2.45, 2.75) is 31.7 Å². The van der Waals surface area contributed by atoms with Crippen LogP contribution in [-0.2, 0) is 19.1 Å². The molecule has 7 nitrogen and oxygen atoms in total. The smallest absolute Gasteiger partial charge is 0.336 e. The molecule has 2 aliphatic carbocycles. The summed E-state index contributed by atoms with van der Waals surface area (Å²) in [4.78, 5) is 24.6. The van der Waals surface area contributed by atoms with Crippen molar-refractivity contribution >= 4 is 11.9 Å². The number of hydrogen-bond donors (Lipinski definition) is 3. The fourth-order valence-corrected chi connectivity index (χ4v) is 4.45. The molecule has 0 amide bonds. The van der Waals surface area contributed by atoms with Gasteiger partial charge in [0.25, 0.3) is 0 Å². The van der Waals surface area contributed by atoms with Crippen LogP contribution in [0.15, 0.2) is 47.6 Å². The zero-order valence-corrected chi connectivity index (χ0v) is 15.1. The van der Waals surface area contributed by atoms with Gasteiger partial charge in [0.1, 0.15) is 12.2 Å². The van der Waals surface area contributed by atoms with E-state index in [1.54, 1.807) is 6.08 Å². The molecule has 7 heteroatoms. The molecule has 1 aliphatic heterocycles. The standard InChI is InChI=1S/C20H24O7/c1-9-6-13(23)15-10(2)7-14(26-20(25)12(8-22)4-5-21)17-11(3)19(24)27-18(17)16(9)15/h4,6,13-18,21-23H,2-3,5,7-8H2,1H3. The Labute approximate surface area is 157 Å². The number of hydrogen-bond acceptors (Lipinski definition) is 7. The van der Waals surface area contributed by atoms with Crippen LogP contribution in [0.2, 0.25) is 0 Å². The molecule has 1 saturated heterocycles. The van der Waals surface area contributed by atoms with E-state index in [4.69, 9.17) is 14.6 Å². The average molecular weight is 376 g/mol. The van der Waals surface area contributed by atoms with E-state index in [1.807, 2.05) is 6.92 Å². The van der Waals surface area contributed by atoms with Gasteiger partial charge >= 0.3 is 11.9 Å². The summed E-state index contributed by atoms with van der Waals surface area (Å²) in [7, 11) is 0. The monoisotopic (exact) mass is 376 g/mol. The molecular formula is C20H24O7. The molecule has 0 spiro atoms. The van der Waals surface area contributed by atoms with Crippen LogP contribution >= 0.6 is 0 Å². The van der Waals surface area contributed by atoms with Crippen LogP contribution < -0.4 is 0 Å². The zero-order chi connectivity index (χ0) is 19.9. The topological polar surface area (TPSA) is 113 Å². The third kappa shape index (κ3) is 3.26. The van der Waals surface area contributed by atoms with Gasteiger partial charge in [-0.1, -0.05) is 30.4 Å². The van der Waals surface area contributed by atoms with Crippen molar-refractivity contribution in [3.63, 3.8) is 0 Å². The molecule has 0 aromatic rings. The highest BCUT2D eigenvalue weighted by Gasteiger charge is 2.56. The van der Waals surface area contributed by atoms with E-state index in [1.165, 1.54) is 6.08 Å². The van der Waals surface area contributed by atoms with Crippen LogP contribution in [0.4, 0.5) is 0 Å². The van der Waals surface area contributed by atoms with Crippen molar-refractivity contribution in [1.29, 1.82) is 0 Å². The molecule has 2 fully saturated rings. The van der Waals surface area contributed by atoms with E-state index in [-0.39, 0.29) is 29.4 Å². The number of carbonyl (C=O) groups excluding carboxylic acids is 2. The first-order chi connectivity index (χ1) is 12.8. The van der Waals surface area contributed by atoms with Gasteiger partial charge in [0.05, 0.1) is 30.8 Å². The number of aliphatic hydroxyl groups is 3. The van der Waals surface area contributed by atoms with Gasteiger partial charge in [0, 0.05) is 23.8 Å². The number of esters is 2. The van der Waals surface area contributed by atoms with E-state index in [9.17, 15) is 19.8 Å². The summed E-state index contributed by atoms with van der Waals surface area (Å²) in [5.41, 5.74) is 1.75. The lowest BCUT2D eigenvalue weighted by atomic mass is 9.79. The zero-order valence-electron chi connectivity index (χ0n) is 15.1. The van der Waals surface area contributed by atoms with Crippen LogP contribution in [0.1, 0.15) is 13.3 Å². The normalized spacial score (nSPS) is 35.9. The van der Waals surface area contributed by atoms with Crippen LogP contribution in [0, 0.1) is 17.8 Å². The lowest BCUT2D eigenvalue weighted by Crippen LogP contribution is -2.37. The Hall–Kier alpha value is -2.22. The number of rotatable bonds is 4. The van der Waals surface area contributed by atoms with Crippen LogP contribution in [0.5, 0.6) is 0 Å². The van der Waals surface area contributed by atoms with E-state index < -0.39 is 49.4 Å². The molecule has 146 valence electrons. The summed E-state index contributed by atoms with van der Waals surface area (Å²) in [6.45, 7) is 8.77. The Balaban J connectivity index is 1.95. The van der Waals surface area contributed by atoms with Crippen molar-refractivity contribution in [3.8, 4) is 0 Å². The number of ether oxygens (including phenoxy) is 2. The Bertz CT molecular complexity index is 747. The minimum atomic E-state index is -0.782. The molecule has 1 heterocycles. The van der Waals surface area contributed by atoms with Gasteiger partial charge in [0.2, 0.25) is 0 Å². The molecular weight excluding hydrogens is 352 g/mol. The van der Waals surface area contributed by atoms with Crippen molar-refractivity contribution in [3.05, 3.63) is 47.6 Å². The maximum atomic E-state index is 12.4. The third-order valence-corrected chi connectivity index (χ3v) is 5.69. The lowest BCUT2D eigenvalue weighted by molar-refractivity contribution is -0.148. The Morgan fingerprint density at radius 2 is 2.04 bits per heavy atom. The van der Waals surface area contributed by atoms with Gasteiger partial charge in [0.15, 0.2) is 0 Å². The molecule has 3 rings (SSSR count). The number of fused-ring (bicyclic) bond motifs is 3. The van der Waals surface area contributed by atoms with Gasteiger partial charge in [-0.05, 0) is 13.0 Å². The fourth-order valence-electron chi connectivity index (χ4n) is 4.45. The summed E-state index contributed by atoms with van der Waals surface area (Å²) >= 11 is 0. The SMILES string of the molecule is C=C1C(=O)OC2C1C(OC(=O)C(=CCO)CO)CC(=C)C1C(O)C=C(C)C21. The first-order valence-electron chi connectivity index (χ1n) is 8.85. The number of aliphatic hydroxyl groups excluding tert-OH is 3. The molecule has 6 atom stereocenters. The predicted molar refractivity (Wildman–Crippen MR) is 95.1 cm³/mol. The molecule has 3 N–H and O–H groups in total. The maximum absolute atomic E-state index is 12.4. The highest BCUT2D eigenvalue weighted by molar-refractivity contribution is 5.92. The third-order valence-electron chi connectivity index (χ3n) is 5.69. The average Bonchev–Trinajstić information content (AvgIpc) is 3.02. The molecule has 6 unspecified atom stereocenters. The second kappa shape index (κ2) is 7.42. The summed E-state index contributed by atoms with van der Waals surface area (Å²) in [6, 6.07) is 0. The summed E-state index contributed by atoms with van der Waals surface area (Å²) in [5, 5.41) is 28.7. The van der Waals surface area contributed by atoms with E-state index >= 15 is 0 Å². The Morgan fingerprint density at radius 1 is 1.33 bits per heavy atom. The van der Waals surface area contributed by atoms with Gasteiger partial charge in [-0.3, -0.25) is 0 Å². The Kier molecular flexibility index (Phi) is 5.37. The van der Waals surface area contributed by atoms with Gasteiger partial charge in [-0.2, -0.15) is 0 Å². The molecule has 0 aromatic heterocycles. The second-order valence-corrected chi connectivity index (χ2v) is 7.25. The largest absolute Gasteiger partial charge is 0.458 e. The van der Waals surface area contributed by atoms with Crippen LogP contribution in [0.3, 0.4) is 0 Å². The highest BCUT2D eigenvalue weighted by Crippen LogP contribution is 2.51. The molecule has 0 bridgehead atoms. The predicted octanol–water partition coefficient (Wildman–Crippen LogP) is 0.420. The Morgan fingerprint density at radius 3 is 2.67 bits per heavy atom. The van der Waals surface area contributed by atoms with Crippen molar-refractivity contribution in [1.82, 2.24) is 0 Å². The van der Waals surface area contributed by atoms with Gasteiger partial charge in [-0.15, -0.1) is 0 Å². The van der Waals surface area contributed by atoms with Gasteiger partial charge < -0.3 is 24.8 Å². The fraction of sp³-hybridized carbons (Fsp3) is 0.500. The summed E-state index contributed by atoms with van der Waals surface area (Å²) in [5.74, 6) is -2.48. The minimum Gasteiger partial charge on any atom is -0.458 e. The van der Waals surface area contributed by atoms with E-state index in [0.29, 0.717) is 5.57 Å². The molecule has 0 aromatic carbocycles.